The van der Waals surface area contributed by atoms with Gasteiger partial charge in [0.15, 0.2) is 0 Å². The first kappa shape index (κ1) is 16.9. The highest BCUT2D eigenvalue weighted by Crippen LogP contribution is 2.25. The van der Waals surface area contributed by atoms with Crippen LogP contribution in [0.15, 0.2) is 24.3 Å². The van der Waals surface area contributed by atoms with Crippen LogP contribution in [0.3, 0.4) is 0 Å². The fraction of sp³-hybridized carbons (Fsp3) is 0.588. The lowest BCUT2D eigenvalue weighted by Crippen LogP contribution is -2.34. The highest BCUT2D eigenvalue weighted by molar-refractivity contribution is 5.77. The summed E-state index contributed by atoms with van der Waals surface area (Å²) in [5.41, 5.74) is 0.185. The van der Waals surface area contributed by atoms with Crippen LogP contribution in [0.5, 0.6) is 0 Å². The number of ether oxygens (including phenoxy) is 1. The van der Waals surface area contributed by atoms with E-state index in [0.717, 1.165) is 19.3 Å². The monoisotopic (exact) mass is 309 g/mol. The Bertz CT molecular complexity index is 495. The van der Waals surface area contributed by atoms with E-state index < -0.39 is 11.9 Å². The summed E-state index contributed by atoms with van der Waals surface area (Å²) < 4.78 is 19.1. The Morgan fingerprint density at radius 3 is 2.95 bits per heavy atom. The minimum atomic E-state index is -1.06. The van der Waals surface area contributed by atoms with Gasteiger partial charge in [-0.05, 0) is 24.8 Å². The minimum Gasteiger partial charge on any atom is -0.386 e. The molecule has 0 aromatic heterocycles. The zero-order chi connectivity index (χ0) is 15.9. The van der Waals surface area contributed by atoms with E-state index in [-0.39, 0.29) is 30.7 Å². The van der Waals surface area contributed by atoms with Crippen molar-refractivity contribution in [3.8, 4) is 0 Å². The predicted molar refractivity (Wildman–Crippen MR) is 81.7 cm³/mol. The van der Waals surface area contributed by atoms with Crippen LogP contribution in [0, 0.1) is 11.7 Å². The highest BCUT2D eigenvalue weighted by atomic mass is 19.1. The van der Waals surface area contributed by atoms with Gasteiger partial charge in [0.05, 0.1) is 12.2 Å². The molecule has 3 unspecified atom stereocenters. The first-order valence-corrected chi connectivity index (χ1v) is 7.87. The van der Waals surface area contributed by atoms with Gasteiger partial charge < -0.3 is 15.2 Å². The van der Waals surface area contributed by atoms with Crippen LogP contribution in [0.2, 0.25) is 0 Å². The van der Waals surface area contributed by atoms with E-state index in [1.165, 1.54) is 18.6 Å². The van der Waals surface area contributed by atoms with Crippen LogP contribution in [0.4, 0.5) is 4.39 Å². The number of benzene rings is 1. The molecule has 4 nitrogen and oxygen atoms in total. The van der Waals surface area contributed by atoms with Crippen LogP contribution in [0.25, 0.3) is 0 Å². The smallest absolute Gasteiger partial charge is 0.246 e. The van der Waals surface area contributed by atoms with Crippen molar-refractivity contribution >= 4 is 5.91 Å². The van der Waals surface area contributed by atoms with Gasteiger partial charge in [0, 0.05) is 12.1 Å². The van der Waals surface area contributed by atoms with Crippen molar-refractivity contribution in [3.05, 3.63) is 35.6 Å². The standard InChI is InChI=1S/C17H24FNO3/c1-12-5-4-6-13(9-12)22-11-17(21)19-10-16(20)14-7-2-3-8-15(14)18/h2-3,7-8,12-13,16,20H,4-6,9-11H2,1H3,(H,19,21). The Balaban J connectivity index is 1.70. The average molecular weight is 309 g/mol. The van der Waals surface area contributed by atoms with Crippen molar-refractivity contribution < 1.29 is 19.0 Å². The third-order valence-corrected chi connectivity index (χ3v) is 4.10. The van der Waals surface area contributed by atoms with Gasteiger partial charge in [0.25, 0.3) is 0 Å². The summed E-state index contributed by atoms with van der Waals surface area (Å²) in [6, 6.07) is 6.00. The van der Waals surface area contributed by atoms with E-state index >= 15 is 0 Å². The Morgan fingerprint density at radius 2 is 2.23 bits per heavy atom. The molecular weight excluding hydrogens is 285 g/mol. The maximum Gasteiger partial charge on any atom is 0.246 e. The second-order valence-electron chi connectivity index (χ2n) is 6.05. The maximum absolute atomic E-state index is 13.5. The first-order valence-electron chi connectivity index (χ1n) is 7.87. The molecule has 0 bridgehead atoms. The van der Waals surface area contributed by atoms with Gasteiger partial charge >= 0.3 is 0 Å². The number of hydrogen-bond acceptors (Lipinski definition) is 3. The van der Waals surface area contributed by atoms with Crippen molar-refractivity contribution in [3.63, 3.8) is 0 Å². The molecule has 0 aliphatic heterocycles. The van der Waals surface area contributed by atoms with E-state index in [1.807, 2.05) is 0 Å². The number of aliphatic hydroxyl groups is 1. The molecule has 1 amide bonds. The van der Waals surface area contributed by atoms with Gasteiger partial charge in [-0.3, -0.25) is 4.79 Å². The van der Waals surface area contributed by atoms with E-state index in [9.17, 15) is 14.3 Å². The third-order valence-electron chi connectivity index (χ3n) is 4.10. The molecule has 1 fully saturated rings. The summed E-state index contributed by atoms with van der Waals surface area (Å²) in [5.74, 6) is -0.116. The van der Waals surface area contributed by atoms with Gasteiger partial charge in [-0.2, -0.15) is 0 Å². The van der Waals surface area contributed by atoms with Gasteiger partial charge in [0.2, 0.25) is 5.91 Å². The molecule has 5 heteroatoms. The first-order chi connectivity index (χ1) is 10.6. The summed E-state index contributed by atoms with van der Waals surface area (Å²) in [6.07, 6.45) is 3.44. The summed E-state index contributed by atoms with van der Waals surface area (Å²) in [6.45, 7) is 2.16. The lowest BCUT2D eigenvalue weighted by Gasteiger charge is -2.26. The molecule has 0 radical (unpaired) electrons. The van der Waals surface area contributed by atoms with Crippen molar-refractivity contribution in [1.82, 2.24) is 5.32 Å². The molecule has 0 spiro atoms. The highest BCUT2D eigenvalue weighted by Gasteiger charge is 2.20. The Labute approximate surface area is 130 Å². The number of amides is 1. The van der Waals surface area contributed by atoms with Gasteiger partial charge in [0.1, 0.15) is 12.4 Å². The number of carbonyl (C=O) groups excluding carboxylic acids is 1. The topological polar surface area (TPSA) is 58.6 Å². The van der Waals surface area contributed by atoms with Crippen LogP contribution >= 0.6 is 0 Å². The molecule has 122 valence electrons. The van der Waals surface area contributed by atoms with Crippen molar-refractivity contribution in [2.75, 3.05) is 13.2 Å². The van der Waals surface area contributed by atoms with Gasteiger partial charge in [-0.1, -0.05) is 38.0 Å². The summed E-state index contributed by atoms with van der Waals surface area (Å²) in [7, 11) is 0. The molecule has 1 aliphatic carbocycles. The number of rotatable bonds is 6. The number of carbonyl (C=O) groups is 1. The fourth-order valence-electron chi connectivity index (χ4n) is 2.84. The van der Waals surface area contributed by atoms with Crippen molar-refractivity contribution in [2.24, 2.45) is 5.92 Å². The summed E-state index contributed by atoms with van der Waals surface area (Å²) >= 11 is 0. The minimum absolute atomic E-state index is 0.0125. The van der Waals surface area contributed by atoms with Gasteiger partial charge in [-0.15, -0.1) is 0 Å². The molecule has 2 N–H and O–H groups in total. The second kappa shape index (κ2) is 8.25. The van der Waals surface area contributed by atoms with Crippen LogP contribution in [-0.2, 0) is 9.53 Å². The average Bonchev–Trinajstić information content (AvgIpc) is 2.51. The van der Waals surface area contributed by atoms with Crippen LogP contribution in [-0.4, -0.2) is 30.3 Å². The summed E-state index contributed by atoms with van der Waals surface area (Å²) in [4.78, 5) is 11.7. The Hall–Kier alpha value is -1.46. The SMILES string of the molecule is CC1CCCC(OCC(=O)NCC(O)c2ccccc2F)C1. The molecule has 1 aliphatic rings. The molecule has 22 heavy (non-hydrogen) atoms. The Morgan fingerprint density at radius 1 is 1.45 bits per heavy atom. The van der Waals surface area contributed by atoms with E-state index in [0.29, 0.717) is 5.92 Å². The van der Waals surface area contributed by atoms with E-state index in [4.69, 9.17) is 4.74 Å². The van der Waals surface area contributed by atoms with E-state index in [2.05, 4.69) is 12.2 Å². The number of halogens is 1. The van der Waals surface area contributed by atoms with Crippen molar-refractivity contribution in [1.29, 1.82) is 0 Å². The zero-order valence-corrected chi connectivity index (χ0v) is 12.9. The molecule has 1 saturated carbocycles. The Kier molecular flexibility index (Phi) is 6.34. The zero-order valence-electron chi connectivity index (χ0n) is 12.9. The molecular formula is C17H24FNO3. The molecule has 3 atom stereocenters. The fourth-order valence-corrected chi connectivity index (χ4v) is 2.84. The lowest BCUT2D eigenvalue weighted by atomic mass is 9.89. The van der Waals surface area contributed by atoms with Crippen LogP contribution in [0.1, 0.15) is 44.3 Å². The normalized spacial score (nSPS) is 23.0. The molecule has 0 heterocycles. The van der Waals surface area contributed by atoms with Crippen molar-refractivity contribution in [2.45, 2.75) is 44.8 Å². The number of aliphatic hydroxyl groups excluding tert-OH is 1. The molecule has 0 saturated heterocycles. The van der Waals surface area contributed by atoms with Gasteiger partial charge in [-0.25, -0.2) is 4.39 Å². The second-order valence-corrected chi connectivity index (χ2v) is 6.05. The lowest BCUT2D eigenvalue weighted by molar-refractivity contribution is -0.129. The number of nitrogens with one attached hydrogen (secondary N) is 1. The predicted octanol–water partition coefficient (Wildman–Crippen LogP) is 2.57. The molecule has 2 rings (SSSR count). The van der Waals surface area contributed by atoms with Crippen LogP contribution < -0.4 is 5.32 Å². The van der Waals surface area contributed by atoms with E-state index in [1.54, 1.807) is 12.1 Å². The maximum atomic E-state index is 13.5. The quantitative estimate of drug-likeness (QED) is 0.849. The number of hydrogen-bond donors (Lipinski definition) is 2. The molecule has 1 aromatic rings. The summed E-state index contributed by atoms with van der Waals surface area (Å²) in [5, 5.41) is 12.5. The molecule has 1 aromatic carbocycles. The third kappa shape index (κ3) is 5.07. The largest absolute Gasteiger partial charge is 0.386 e.